The molecule has 0 radical (unpaired) electrons. The summed E-state index contributed by atoms with van der Waals surface area (Å²) in [5.41, 5.74) is 25.9. The summed E-state index contributed by atoms with van der Waals surface area (Å²) in [6.07, 6.45) is 0. The van der Waals surface area contributed by atoms with E-state index in [1.165, 1.54) is 120 Å². The van der Waals surface area contributed by atoms with Crippen molar-refractivity contribution in [1.82, 2.24) is 9.35 Å². The van der Waals surface area contributed by atoms with Crippen molar-refractivity contribution in [1.29, 1.82) is 0 Å². The van der Waals surface area contributed by atoms with Crippen LogP contribution in [0, 0.1) is 0 Å². The van der Waals surface area contributed by atoms with Crippen LogP contribution in [0.4, 0.5) is 0 Å². The minimum Gasteiger partial charge on any atom is -0.248 e. The Hall–Kier alpha value is -9.50. The molecule has 4 heterocycles. The summed E-state index contributed by atoms with van der Waals surface area (Å²) >= 11 is 0. The SMILES string of the molecule is c1ccc(B2c3ccccc3B(c3ccccc3-c3ccc4c(c3)c3ccccc3n4-n3c4ccccc4c4cc(-c5ccccc5B5c6ccccc6B(c6ccccc6)c6ccccc65)ccc43)c3ccccc32)cc1. The first kappa shape index (κ1) is 44.8. The van der Waals surface area contributed by atoms with Gasteiger partial charge in [-0.1, -0.05) is 320 Å². The summed E-state index contributed by atoms with van der Waals surface area (Å²) in [6, 6.07) is 109. The molecule has 2 nitrogen and oxygen atoms in total. The van der Waals surface area contributed by atoms with E-state index in [1.807, 2.05) is 0 Å². The van der Waals surface area contributed by atoms with Gasteiger partial charge in [-0.15, -0.1) is 0 Å². The van der Waals surface area contributed by atoms with E-state index >= 15 is 0 Å². The van der Waals surface area contributed by atoms with Gasteiger partial charge in [0.1, 0.15) is 0 Å². The zero-order valence-corrected chi connectivity index (χ0v) is 42.9. The second kappa shape index (κ2) is 18.1. The van der Waals surface area contributed by atoms with Gasteiger partial charge in [-0.25, -0.2) is 9.35 Å². The molecule has 0 saturated carbocycles. The first-order valence-corrected chi connectivity index (χ1v) is 27.5. The fraction of sp³-hybridized carbons (Fsp3) is 0. The molecule has 0 fully saturated rings. The van der Waals surface area contributed by atoms with Crippen LogP contribution in [-0.2, 0) is 0 Å². The van der Waals surface area contributed by atoms with Crippen molar-refractivity contribution in [3.63, 3.8) is 0 Å². The van der Waals surface area contributed by atoms with Crippen LogP contribution in [0.2, 0.25) is 0 Å². The standard InChI is InChI=1S/C72H48B4N2/c1-3-23-51(24-4-1)73-61-33-13-17-37-65(61)75(66-38-18-14-34-62(66)73)59-31-11-7-27-53(59)49-43-45-71-57(47-49)55-29-9-21-41-69(55)77(71)78-70-42-22-10-30-56(70)58-48-50(44-46-72(58)78)54-28-8-12-32-60(54)76-67-39-19-15-35-63(67)74(52-25-5-2-6-26-52)64-36-16-20-40-68(64)76/h1-48H. The molecular weight excluding hydrogens is 936 g/mol. The van der Waals surface area contributed by atoms with E-state index in [-0.39, 0.29) is 26.9 Å². The van der Waals surface area contributed by atoms with E-state index in [1.54, 1.807) is 0 Å². The minimum atomic E-state index is 0.0707. The molecule has 2 aliphatic heterocycles. The van der Waals surface area contributed by atoms with Gasteiger partial charge in [0, 0.05) is 21.5 Å². The lowest BCUT2D eigenvalue weighted by Crippen LogP contribution is -2.75. The zero-order chi connectivity index (χ0) is 51.3. The molecule has 0 saturated heterocycles. The number of hydrogen-bond acceptors (Lipinski definition) is 0. The summed E-state index contributed by atoms with van der Waals surface area (Å²) in [6.45, 7) is 0.474. The summed E-state index contributed by atoms with van der Waals surface area (Å²) in [5.74, 6) is 0. The Morgan fingerprint density at radius 1 is 0.192 bits per heavy atom. The van der Waals surface area contributed by atoms with Crippen LogP contribution in [0.1, 0.15) is 0 Å². The smallest absolute Gasteiger partial charge is 0.240 e. The molecule has 6 heteroatoms. The monoisotopic (exact) mass is 984 g/mol. The molecular formula is C72H48B4N2. The quantitative estimate of drug-likeness (QED) is 0.143. The number of nitrogens with zero attached hydrogens (tertiary/aromatic N) is 2. The highest BCUT2D eigenvalue weighted by Gasteiger charge is 2.40. The van der Waals surface area contributed by atoms with Crippen LogP contribution >= 0.6 is 0 Å². The molecule has 0 N–H and O–H groups in total. The third-order valence-electron chi connectivity index (χ3n) is 17.4. The summed E-state index contributed by atoms with van der Waals surface area (Å²) in [4.78, 5) is 0. The lowest BCUT2D eigenvalue weighted by molar-refractivity contribution is 0.775. The third kappa shape index (κ3) is 6.82. The largest absolute Gasteiger partial charge is 0.248 e. The van der Waals surface area contributed by atoms with Crippen molar-refractivity contribution in [2.24, 2.45) is 0 Å². The normalized spacial score (nSPS) is 12.8. The van der Waals surface area contributed by atoms with Gasteiger partial charge in [-0.3, -0.25) is 0 Å². The molecule has 12 aromatic carbocycles. The fourth-order valence-electron chi connectivity index (χ4n) is 14.2. The van der Waals surface area contributed by atoms with Crippen LogP contribution < -0.4 is 65.6 Å². The Balaban J connectivity index is 0.841. The van der Waals surface area contributed by atoms with Gasteiger partial charge in [0.05, 0.1) is 22.1 Å². The highest BCUT2D eigenvalue weighted by Crippen LogP contribution is 2.38. The summed E-state index contributed by atoms with van der Waals surface area (Å²) in [5, 5.41) is 4.91. The first-order chi connectivity index (χ1) is 38.8. The molecule has 2 aliphatic rings. The molecule has 0 amide bonds. The molecule has 78 heavy (non-hydrogen) atoms. The van der Waals surface area contributed by atoms with Gasteiger partial charge in [0.25, 0.3) is 0 Å². The van der Waals surface area contributed by atoms with Gasteiger partial charge in [-0.2, -0.15) is 0 Å². The first-order valence-electron chi connectivity index (χ1n) is 27.5. The van der Waals surface area contributed by atoms with E-state index in [2.05, 4.69) is 301 Å². The number of aromatic nitrogens is 2. The predicted octanol–water partition coefficient (Wildman–Crippen LogP) is 8.24. The fourth-order valence-corrected chi connectivity index (χ4v) is 14.2. The maximum atomic E-state index is 2.47. The topological polar surface area (TPSA) is 9.86 Å². The van der Waals surface area contributed by atoms with Crippen molar-refractivity contribution in [2.45, 2.75) is 0 Å². The number of rotatable bonds is 7. The Kier molecular flexibility index (Phi) is 10.4. The second-order valence-corrected chi connectivity index (χ2v) is 21.4. The van der Waals surface area contributed by atoms with Gasteiger partial charge in [0.15, 0.2) is 0 Å². The lowest BCUT2D eigenvalue weighted by atomic mass is 9.21. The van der Waals surface area contributed by atoms with E-state index in [9.17, 15) is 0 Å². The van der Waals surface area contributed by atoms with Crippen LogP contribution in [0.15, 0.2) is 291 Å². The molecule has 0 bridgehead atoms. The third-order valence-corrected chi connectivity index (χ3v) is 17.4. The van der Waals surface area contributed by atoms with Gasteiger partial charge >= 0.3 is 0 Å². The van der Waals surface area contributed by atoms with Gasteiger partial charge in [0.2, 0.25) is 26.9 Å². The van der Waals surface area contributed by atoms with Crippen molar-refractivity contribution >= 4 is 136 Å². The molecule has 358 valence electrons. The molecule has 0 unspecified atom stereocenters. The average molecular weight is 984 g/mol. The molecule has 0 aliphatic carbocycles. The summed E-state index contributed by atoms with van der Waals surface area (Å²) < 4.78 is 4.93. The molecule has 0 spiro atoms. The maximum Gasteiger partial charge on any atom is 0.240 e. The predicted molar refractivity (Wildman–Crippen MR) is 338 cm³/mol. The lowest BCUT2D eigenvalue weighted by Gasteiger charge is -2.32. The van der Waals surface area contributed by atoms with E-state index in [0.717, 1.165) is 11.0 Å². The Bertz CT molecular complexity index is 4280. The van der Waals surface area contributed by atoms with Crippen molar-refractivity contribution in [3.8, 4) is 22.3 Å². The van der Waals surface area contributed by atoms with Crippen LogP contribution in [0.3, 0.4) is 0 Å². The van der Waals surface area contributed by atoms with Crippen molar-refractivity contribution in [3.05, 3.63) is 291 Å². The van der Waals surface area contributed by atoms with Crippen molar-refractivity contribution < 1.29 is 0 Å². The average Bonchev–Trinajstić information content (AvgIpc) is 4.12. The highest BCUT2D eigenvalue weighted by atomic mass is 15.5. The highest BCUT2D eigenvalue weighted by molar-refractivity contribution is 7.12. The van der Waals surface area contributed by atoms with Crippen LogP contribution in [0.25, 0.3) is 65.9 Å². The number of hydrogen-bond donors (Lipinski definition) is 0. The number of fused-ring (bicyclic) bond motifs is 10. The Labute approximate surface area is 456 Å². The number of para-hydroxylation sites is 2. The Morgan fingerprint density at radius 3 is 0.821 bits per heavy atom. The van der Waals surface area contributed by atoms with E-state index < -0.39 is 0 Å². The number of benzene rings is 12. The van der Waals surface area contributed by atoms with Crippen molar-refractivity contribution in [2.75, 3.05) is 0 Å². The zero-order valence-electron chi connectivity index (χ0n) is 42.9. The van der Waals surface area contributed by atoms with Crippen LogP contribution in [0.5, 0.6) is 0 Å². The maximum absolute atomic E-state index is 2.47. The molecule has 16 rings (SSSR count). The molecule has 14 aromatic rings. The van der Waals surface area contributed by atoms with E-state index in [0.29, 0.717) is 0 Å². The minimum absolute atomic E-state index is 0.0707. The van der Waals surface area contributed by atoms with E-state index in [4.69, 9.17) is 0 Å². The Morgan fingerprint density at radius 2 is 0.462 bits per heavy atom. The molecule has 0 atom stereocenters. The molecule has 2 aromatic heterocycles. The van der Waals surface area contributed by atoms with Crippen LogP contribution in [-0.4, -0.2) is 36.2 Å². The van der Waals surface area contributed by atoms with Gasteiger partial charge < -0.3 is 0 Å². The summed E-state index contributed by atoms with van der Waals surface area (Å²) in [7, 11) is 0. The second-order valence-electron chi connectivity index (χ2n) is 21.4. The van der Waals surface area contributed by atoms with Gasteiger partial charge in [-0.05, 0) is 58.7 Å².